The van der Waals surface area contributed by atoms with Crippen LogP contribution in [0.25, 0.3) is 0 Å². The molecule has 6 heteroatoms. The molecule has 0 bridgehead atoms. The molecule has 0 saturated carbocycles. The topological polar surface area (TPSA) is 82.8 Å². The Morgan fingerprint density at radius 1 is 1.50 bits per heavy atom. The first-order valence-electron chi connectivity index (χ1n) is 4.85. The van der Waals surface area contributed by atoms with E-state index in [2.05, 4.69) is 10.3 Å². The molecular weight excluding hydrogens is 226 g/mol. The van der Waals surface area contributed by atoms with Crippen LogP contribution in [-0.4, -0.2) is 26.2 Å². The second-order valence-corrected chi connectivity index (χ2v) is 5.68. The standard InChI is InChI=1S/C10H11N3O2S/c1-16(14,15)10-9-6-12-3-2-8(9)7(4-11)5-13-10/h5,12H,2-3,6H2,1H3. The van der Waals surface area contributed by atoms with Gasteiger partial charge in [-0.1, -0.05) is 0 Å². The number of aromatic nitrogens is 1. The predicted molar refractivity (Wildman–Crippen MR) is 57.5 cm³/mol. The van der Waals surface area contributed by atoms with Gasteiger partial charge in [-0.2, -0.15) is 5.26 Å². The van der Waals surface area contributed by atoms with E-state index in [0.717, 1.165) is 18.4 Å². The third-order valence-corrected chi connectivity index (χ3v) is 3.64. The van der Waals surface area contributed by atoms with Gasteiger partial charge in [0, 0.05) is 24.6 Å². The zero-order valence-electron chi connectivity index (χ0n) is 8.82. The van der Waals surface area contributed by atoms with Gasteiger partial charge in [0.1, 0.15) is 6.07 Å². The maximum absolute atomic E-state index is 11.5. The Balaban J connectivity index is 2.73. The maximum atomic E-state index is 11.5. The van der Waals surface area contributed by atoms with E-state index in [1.807, 2.05) is 6.07 Å². The van der Waals surface area contributed by atoms with Crippen LogP contribution in [0.5, 0.6) is 0 Å². The Morgan fingerprint density at radius 2 is 2.25 bits per heavy atom. The molecule has 1 aliphatic heterocycles. The molecule has 1 aromatic rings. The van der Waals surface area contributed by atoms with Crippen molar-refractivity contribution in [1.82, 2.24) is 10.3 Å². The predicted octanol–water partition coefficient (Wildman–Crippen LogP) is 0.00248. The molecule has 0 fully saturated rings. The zero-order valence-corrected chi connectivity index (χ0v) is 9.63. The lowest BCUT2D eigenvalue weighted by molar-refractivity contribution is 0.585. The van der Waals surface area contributed by atoms with Crippen LogP contribution in [0.3, 0.4) is 0 Å². The molecule has 1 aromatic heterocycles. The Kier molecular flexibility index (Phi) is 2.66. The molecule has 2 heterocycles. The number of hydrogen-bond acceptors (Lipinski definition) is 5. The highest BCUT2D eigenvalue weighted by Gasteiger charge is 2.22. The fourth-order valence-electron chi connectivity index (χ4n) is 1.88. The third kappa shape index (κ3) is 1.79. The first-order chi connectivity index (χ1) is 7.54. The van der Waals surface area contributed by atoms with Gasteiger partial charge in [0.25, 0.3) is 0 Å². The Hall–Kier alpha value is -1.45. The third-order valence-electron chi connectivity index (χ3n) is 2.58. The van der Waals surface area contributed by atoms with Crippen molar-refractivity contribution in [2.45, 2.75) is 18.0 Å². The minimum Gasteiger partial charge on any atom is -0.312 e. The first-order valence-corrected chi connectivity index (χ1v) is 6.75. The monoisotopic (exact) mass is 237 g/mol. The summed E-state index contributed by atoms with van der Waals surface area (Å²) in [6.45, 7) is 1.22. The van der Waals surface area contributed by atoms with Crippen LogP contribution in [0.15, 0.2) is 11.2 Å². The highest BCUT2D eigenvalue weighted by atomic mass is 32.2. The van der Waals surface area contributed by atoms with Crippen LogP contribution in [-0.2, 0) is 22.8 Å². The molecule has 0 aliphatic carbocycles. The first kappa shape index (κ1) is 11.0. The molecular formula is C10H11N3O2S. The summed E-state index contributed by atoms with van der Waals surface area (Å²) in [6.07, 6.45) is 3.15. The largest absolute Gasteiger partial charge is 0.312 e. The van der Waals surface area contributed by atoms with Crippen molar-refractivity contribution in [2.24, 2.45) is 0 Å². The SMILES string of the molecule is CS(=O)(=O)c1ncc(C#N)c2c1CNCC2. The van der Waals surface area contributed by atoms with Gasteiger partial charge in [0.05, 0.1) is 5.56 Å². The number of fused-ring (bicyclic) bond motifs is 1. The fraction of sp³-hybridized carbons (Fsp3) is 0.400. The molecule has 0 amide bonds. The molecule has 0 spiro atoms. The van der Waals surface area contributed by atoms with Gasteiger partial charge in [-0.15, -0.1) is 0 Å². The molecule has 5 nitrogen and oxygen atoms in total. The van der Waals surface area contributed by atoms with Gasteiger partial charge in [-0.05, 0) is 18.5 Å². The molecule has 1 N–H and O–H groups in total. The molecule has 0 aromatic carbocycles. The van der Waals surface area contributed by atoms with Gasteiger partial charge in [0.2, 0.25) is 0 Å². The molecule has 0 saturated heterocycles. The van der Waals surface area contributed by atoms with Crippen LogP contribution < -0.4 is 5.32 Å². The Bertz CT molecular complexity index is 572. The van der Waals surface area contributed by atoms with E-state index in [9.17, 15) is 8.42 Å². The molecule has 84 valence electrons. The van der Waals surface area contributed by atoms with Crippen molar-refractivity contribution in [1.29, 1.82) is 5.26 Å². The van der Waals surface area contributed by atoms with Crippen molar-refractivity contribution < 1.29 is 8.42 Å². The number of pyridine rings is 1. The molecule has 0 radical (unpaired) electrons. The second kappa shape index (κ2) is 3.85. The summed E-state index contributed by atoms with van der Waals surface area (Å²) in [4.78, 5) is 3.88. The molecule has 0 atom stereocenters. The summed E-state index contributed by atoms with van der Waals surface area (Å²) in [5, 5.41) is 12.1. The number of sulfone groups is 1. The summed E-state index contributed by atoms with van der Waals surface area (Å²) in [5.74, 6) is 0. The van der Waals surface area contributed by atoms with Gasteiger partial charge >= 0.3 is 0 Å². The number of rotatable bonds is 1. The molecule has 1 aliphatic rings. The second-order valence-electron chi connectivity index (χ2n) is 3.74. The van der Waals surface area contributed by atoms with Gasteiger partial charge < -0.3 is 5.32 Å². The van der Waals surface area contributed by atoms with Crippen molar-refractivity contribution in [3.63, 3.8) is 0 Å². The lowest BCUT2D eigenvalue weighted by atomic mass is 9.99. The lowest BCUT2D eigenvalue weighted by Gasteiger charge is -2.19. The Morgan fingerprint density at radius 3 is 2.88 bits per heavy atom. The molecule has 2 rings (SSSR count). The van der Waals surface area contributed by atoms with Crippen LogP contribution in [0.1, 0.15) is 16.7 Å². The van der Waals surface area contributed by atoms with Gasteiger partial charge in [0.15, 0.2) is 14.9 Å². The minimum absolute atomic E-state index is 0.0914. The number of nitrogens with zero attached hydrogens (tertiary/aromatic N) is 2. The van der Waals surface area contributed by atoms with Crippen molar-refractivity contribution in [3.05, 3.63) is 22.9 Å². The zero-order chi connectivity index (χ0) is 11.8. The van der Waals surface area contributed by atoms with E-state index in [0.29, 0.717) is 24.1 Å². The van der Waals surface area contributed by atoms with Crippen molar-refractivity contribution in [2.75, 3.05) is 12.8 Å². The minimum atomic E-state index is -3.33. The van der Waals surface area contributed by atoms with Gasteiger partial charge in [-0.3, -0.25) is 0 Å². The summed E-state index contributed by atoms with van der Waals surface area (Å²) < 4.78 is 23.1. The van der Waals surface area contributed by atoms with Crippen molar-refractivity contribution >= 4 is 9.84 Å². The van der Waals surface area contributed by atoms with E-state index >= 15 is 0 Å². The smallest absolute Gasteiger partial charge is 0.193 e. The summed E-state index contributed by atoms with van der Waals surface area (Å²) in [5.41, 5.74) is 1.94. The van der Waals surface area contributed by atoms with Crippen LogP contribution in [0.4, 0.5) is 0 Å². The number of nitriles is 1. The average molecular weight is 237 g/mol. The Labute approximate surface area is 94.0 Å². The number of nitrogens with one attached hydrogen (secondary N) is 1. The van der Waals surface area contributed by atoms with Crippen molar-refractivity contribution in [3.8, 4) is 6.07 Å². The van der Waals surface area contributed by atoms with E-state index in [4.69, 9.17) is 5.26 Å². The maximum Gasteiger partial charge on any atom is 0.193 e. The highest BCUT2D eigenvalue weighted by molar-refractivity contribution is 7.90. The van der Waals surface area contributed by atoms with E-state index in [1.54, 1.807) is 0 Å². The fourth-order valence-corrected chi connectivity index (χ4v) is 2.77. The normalized spacial score (nSPS) is 15.2. The van der Waals surface area contributed by atoms with E-state index in [-0.39, 0.29) is 5.03 Å². The molecule has 16 heavy (non-hydrogen) atoms. The van der Waals surface area contributed by atoms with Gasteiger partial charge in [-0.25, -0.2) is 13.4 Å². The van der Waals surface area contributed by atoms with Crippen LogP contribution in [0.2, 0.25) is 0 Å². The summed E-state index contributed by atoms with van der Waals surface area (Å²) in [7, 11) is -3.33. The summed E-state index contributed by atoms with van der Waals surface area (Å²) >= 11 is 0. The number of hydrogen-bond donors (Lipinski definition) is 1. The highest BCUT2D eigenvalue weighted by Crippen LogP contribution is 2.23. The lowest BCUT2D eigenvalue weighted by Crippen LogP contribution is -2.27. The van der Waals surface area contributed by atoms with E-state index in [1.165, 1.54) is 6.20 Å². The summed E-state index contributed by atoms with van der Waals surface area (Å²) in [6, 6.07) is 2.05. The van der Waals surface area contributed by atoms with Crippen LogP contribution in [0, 0.1) is 11.3 Å². The molecule has 0 unspecified atom stereocenters. The average Bonchev–Trinajstić information content (AvgIpc) is 2.26. The quantitative estimate of drug-likeness (QED) is 0.743. The van der Waals surface area contributed by atoms with E-state index < -0.39 is 9.84 Å². The van der Waals surface area contributed by atoms with Crippen LogP contribution >= 0.6 is 0 Å².